The Morgan fingerprint density at radius 2 is 2.21 bits per heavy atom. The molecule has 2 atom stereocenters. The van der Waals surface area contributed by atoms with Crippen LogP contribution in [0.25, 0.3) is 0 Å². The fourth-order valence-corrected chi connectivity index (χ4v) is 1.82. The van der Waals surface area contributed by atoms with Gasteiger partial charge in [0.05, 0.1) is 5.84 Å². The third-order valence-corrected chi connectivity index (χ3v) is 2.78. The maximum absolute atomic E-state index is 10.4. The summed E-state index contributed by atoms with van der Waals surface area (Å²) in [4.78, 5) is 10.4. The zero-order valence-electron chi connectivity index (χ0n) is 8.41. The number of carboxylic acid groups (broad SMARTS) is 1. The van der Waals surface area contributed by atoms with Crippen LogP contribution in [0.2, 0.25) is 0 Å². The van der Waals surface area contributed by atoms with Crippen LogP contribution in [0.5, 0.6) is 0 Å². The molecule has 6 heteroatoms. The van der Waals surface area contributed by atoms with Crippen LogP contribution in [0.4, 0.5) is 0 Å². The van der Waals surface area contributed by atoms with Crippen molar-refractivity contribution in [3.63, 3.8) is 0 Å². The van der Waals surface area contributed by atoms with Crippen molar-refractivity contribution in [2.24, 2.45) is 5.73 Å². The predicted molar refractivity (Wildman–Crippen MR) is 58.9 cm³/mol. The quantitative estimate of drug-likeness (QED) is 0.375. The van der Waals surface area contributed by atoms with Crippen LogP contribution in [-0.4, -0.2) is 40.5 Å². The molecule has 0 saturated heterocycles. The highest BCUT2D eigenvalue weighted by atomic mass is 32.2. The van der Waals surface area contributed by atoms with Crippen LogP contribution in [-0.2, 0) is 4.79 Å². The number of thioether (sulfide) groups is 1. The van der Waals surface area contributed by atoms with E-state index in [4.69, 9.17) is 16.2 Å². The lowest BCUT2D eigenvalue weighted by Crippen LogP contribution is -2.35. The number of amidine groups is 1. The molecule has 0 aliphatic carbocycles. The molecular weight excluding hydrogens is 202 g/mol. The van der Waals surface area contributed by atoms with Gasteiger partial charge in [0.15, 0.2) is 0 Å². The number of nitrogens with one attached hydrogen (secondary N) is 2. The molecule has 0 aromatic rings. The summed E-state index contributed by atoms with van der Waals surface area (Å²) >= 11 is 1.47. The maximum Gasteiger partial charge on any atom is 0.321 e. The van der Waals surface area contributed by atoms with E-state index in [0.717, 1.165) is 5.75 Å². The first kappa shape index (κ1) is 13.2. The van der Waals surface area contributed by atoms with Gasteiger partial charge < -0.3 is 16.2 Å². The van der Waals surface area contributed by atoms with Gasteiger partial charge in [-0.05, 0) is 13.8 Å². The second-order valence-electron chi connectivity index (χ2n) is 3.15. The Morgan fingerprint density at radius 1 is 1.64 bits per heavy atom. The van der Waals surface area contributed by atoms with Crippen molar-refractivity contribution in [2.45, 2.75) is 25.9 Å². The third kappa shape index (κ3) is 6.73. The molecular formula is C8H17N3O2S. The van der Waals surface area contributed by atoms with Crippen molar-refractivity contribution in [1.29, 1.82) is 5.41 Å². The van der Waals surface area contributed by atoms with Gasteiger partial charge in [0, 0.05) is 17.5 Å². The van der Waals surface area contributed by atoms with E-state index < -0.39 is 12.0 Å². The summed E-state index contributed by atoms with van der Waals surface area (Å²) in [5, 5.41) is 18.6. The molecule has 0 aromatic carbocycles. The lowest BCUT2D eigenvalue weighted by atomic mass is 10.4. The van der Waals surface area contributed by atoms with Crippen LogP contribution >= 0.6 is 11.8 Å². The van der Waals surface area contributed by atoms with Crippen LogP contribution in [0, 0.1) is 5.41 Å². The second kappa shape index (κ2) is 6.67. The average molecular weight is 219 g/mol. The van der Waals surface area contributed by atoms with E-state index in [9.17, 15) is 4.79 Å². The van der Waals surface area contributed by atoms with Crippen molar-refractivity contribution in [2.75, 3.05) is 11.5 Å². The molecule has 0 spiro atoms. The van der Waals surface area contributed by atoms with Crippen molar-refractivity contribution in [3.8, 4) is 0 Å². The predicted octanol–water partition coefficient (Wildman–Crippen LogP) is 0.107. The van der Waals surface area contributed by atoms with Gasteiger partial charge in [-0.2, -0.15) is 11.8 Å². The molecule has 0 aliphatic rings. The Bertz CT molecular complexity index is 211. The lowest BCUT2D eigenvalue weighted by molar-refractivity contribution is -0.137. The minimum atomic E-state index is -0.971. The molecule has 0 heterocycles. The van der Waals surface area contributed by atoms with Gasteiger partial charge in [-0.1, -0.05) is 0 Å². The Balaban J connectivity index is 3.53. The molecule has 0 amide bonds. The Morgan fingerprint density at radius 3 is 2.64 bits per heavy atom. The Hall–Kier alpha value is -0.750. The maximum atomic E-state index is 10.4. The first-order chi connectivity index (χ1) is 6.43. The number of nitrogens with two attached hydrogens (primary N) is 1. The fourth-order valence-electron chi connectivity index (χ4n) is 0.854. The summed E-state index contributed by atoms with van der Waals surface area (Å²) < 4.78 is 0. The van der Waals surface area contributed by atoms with Gasteiger partial charge in [0.1, 0.15) is 6.04 Å². The van der Waals surface area contributed by atoms with Gasteiger partial charge in [-0.15, -0.1) is 0 Å². The Kier molecular flexibility index (Phi) is 6.31. The molecule has 0 fully saturated rings. The van der Waals surface area contributed by atoms with Crippen LogP contribution in [0.3, 0.4) is 0 Å². The number of hydrogen-bond acceptors (Lipinski definition) is 4. The van der Waals surface area contributed by atoms with Crippen molar-refractivity contribution < 1.29 is 9.90 Å². The zero-order valence-corrected chi connectivity index (χ0v) is 9.23. The average Bonchev–Trinajstić information content (AvgIpc) is 2.02. The molecule has 0 saturated carbocycles. The zero-order chi connectivity index (χ0) is 11.1. The minimum absolute atomic E-state index is 0.165. The topological polar surface area (TPSA) is 99.2 Å². The molecule has 5 N–H and O–H groups in total. The molecule has 0 aliphatic heterocycles. The first-order valence-electron chi connectivity index (χ1n) is 4.31. The van der Waals surface area contributed by atoms with Crippen LogP contribution < -0.4 is 11.1 Å². The van der Waals surface area contributed by atoms with E-state index in [0.29, 0.717) is 11.6 Å². The molecule has 82 valence electrons. The lowest BCUT2D eigenvalue weighted by Gasteiger charge is -2.14. The largest absolute Gasteiger partial charge is 0.480 e. The van der Waals surface area contributed by atoms with E-state index in [1.165, 1.54) is 11.8 Å². The molecule has 0 radical (unpaired) electrons. The summed E-state index contributed by atoms with van der Waals surface area (Å²) in [5.41, 5.74) is 5.32. The first-order valence-corrected chi connectivity index (χ1v) is 5.46. The fraction of sp³-hybridized carbons (Fsp3) is 0.750. The van der Waals surface area contributed by atoms with E-state index in [1.807, 2.05) is 6.92 Å². The van der Waals surface area contributed by atoms with Gasteiger partial charge in [0.2, 0.25) is 0 Å². The van der Waals surface area contributed by atoms with E-state index >= 15 is 0 Å². The van der Waals surface area contributed by atoms with Gasteiger partial charge in [-0.25, -0.2) is 0 Å². The Labute approximate surface area is 87.9 Å². The van der Waals surface area contributed by atoms with Crippen LogP contribution in [0.15, 0.2) is 0 Å². The summed E-state index contributed by atoms with van der Waals surface area (Å²) in [6, 6.07) is -0.633. The summed E-state index contributed by atoms with van der Waals surface area (Å²) in [6.45, 7) is 3.61. The van der Waals surface area contributed by atoms with Crippen molar-refractivity contribution in [3.05, 3.63) is 0 Å². The molecule has 14 heavy (non-hydrogen) atoms. The molecule has 0 unspecified atom stereocenters. The minimum Gasteiger partial charge on any atom is -0.480 e. The van der Waals surface area contributed by atoms with E-state index in [1.54, 1.807) is 6.92 Å². The van der Waals surface area contributed by atoms with Gasteiger partial charge in [0.25, 0.3) is 0 Å². The number of hydrogen-bond donors (Lipinski definition) is 4. The van der Waals surface area contributed by atoms with Crippen LogP contribution in [0.1, 0.15) is 13.8 Å². The number of carbonyl (C=O) groups is 1. The normalized spacial score (nSPS) is 14.5. The highest BCUT2D eigenvalue weighted by molar-refractivity contribution is 7.99. The number of rotatable bonds is 6. The summed E-state index contributed by atoms with van der Waals surface area (Å²) in [5.74, 6) is 0.595. The monoisotopic (exact) mass is 219 g/mol. The summed E-state index contributed by atoms with van der Waals surface area (Å²) in [6.07, 6.45) is 0. The molecule has 5 nitrogen and oxygen atoms in total. The standard InChI is InChI=1S/C8H17N3O2S/c1-5(11-6(2)9)3-14-4-7(10)8(12)13/h5,7H,3-4,10H2,1-2H3,(H2,9,11)(H,12,13)/t5-,7-/m1/s1. The van der Waals surface area contributed by atoms with Gasteiger partial charge in [-0.3, -0.25) is 10.2 Å². The SMILES string of the molecule is CC(=N)N[C@H](C)CSC[C@@H](N)C(=O)O. The van der Waals surface area contributed by atoms with Gasteiger partial charge >= 0.3 is 5.97 Å². The summed E-state index contributed by atoms with van der Waals surface area (Å²) in [7, 11) is 0. The molecule has 0 rings (SSSR count). The van der Waals surface area contributed by atoms with Crippen molar-refractivity contribution in [1.82, 2.24) is 5.32 Å². The highest BCUT2D eigenvalue weighted by Crippen LogP contribution is 2.04. The number of aliphatic carboxylic acids is 1. The second-order valence-corrected chi connectivity index (χ2v) is 4.23. The van der Waals surface area contributed by atoms with Crippen molar-refractivity contribution >= 4 is 23.6 Å². The van der Waals surface area contributed by atoms with E-state index in [-0.39, 0.29) is 6.04 Å². The highest BCUT2D eigenvalue weighted by Gasteiger charge is 2.11. The third-order valence-electron chi connectivity index (χ3n) is 1.45. The van der Waals surface area contributed by atoms with E-state index in [2.05, 4.69) is 5.32 Å². The molecule has 0 aromatic heterocycles. The smallest absolute Gasteiger partial charge is 0.321 e. The number of carboxylic acids is 1. The molecule has 0 bridgehead atoms.